The monoisotopic (exact) mass is 616 g/mol. The largest absolute Gasteiger partial charge is 0.469 e. The van der Waals surface area contributed by atoms with E-state index in [0.717, 1.165) is 36.4 Å². The van der Waals surface area contributed by atoms with Gasteiger partial charge in [0.1, 0.15) is 11.6 Å². The van der Waals surface area contributed by atoms with Crippen molar-refractivity contribution in [3.8, 4) is 16.9 Å². The summed E-state index contributed by atoms with van der Waals surface area (Å²) in [6, 6.07) is 10.6. The number of piperidine rings is 1. The standard InChI is InChI=1S/C28H26F6N2O5S/c1-40-26(37)11-17-7-9-36(10-8-17)25-6-5-18(19-12-21(29)16-22(13-19)41-27(30)31)14-24(25)35-42(38,39)23-4-2-3-20(15-23)28(32,33)34/h2-6,12-17,27,35H,7-11H2,1H3. The van der Waals surface area contributed by atoms with Crippen molar-refractivity contribution in [3.63, 3.8) is 0 Å². The highest BCUT2D eigenvalue weighted by atomic mass is 32.2. The highest BCUT2D eigenvalue weighted by Gasteiger charge is 2.32. The zero-order valence-electron chi connectivity index (χ0n) is 22.1. The molecule has 1 N–H and O–H groups in total. The first-order valence-electron chi connectivity index (χ1n) is 12.7. The van der Waals surface area contributed by atoms with E-state index in [0.29, 0.717) is 37.7 Å². The quantitative estimate of drug-likeness (QED) is 0.213. The lowest BCUT2D eigenvalue weighted by Gasteiger charge is -2.34. The Morgan fingerprint density at radius 1 is 1.02 bits per heavy atom. The van der Waals surface area contributed by atoms with Gasteiger partial charge < -0.3 is 14.4 Å². The molecule has 0 bridgehead atoms. The Labute approximate surface area is 238 Å². The van der Waals surface area contributed by atoms with Gasteiger partial charge in [-0.3, -0.25) is 9.52 Å². The molecule has 1 fully saturated rings. The Kier molecular flexibility index (Phi) is 9.24. The van der Waals surface area contributed by atoms with E-state index in [2.05, 4.69) is 9.46 Å². The van der Waals surface area contributed by atoms with Gasteiger partial charge in [-0.05, 0) is 72.4 Å². The van der Waals surface area contributed by atoms with Gasteiger partial charge in [-0.25, -0.2) is 12.8 Å². The maximum Gasteiger partial charge on any atom is 0.416 e. The summed E-state index contributed by atoms with van der Waals surface area (Å²) in [6.07, 6.45) is -3.40. The number of ether oxygens (including phenoxy) is 2. The molecular formula is C28H26F6N2O5S. The van der Waals surface area contributed by atoms with E-state index in [4.69, 9.17) is 4.74 Å². The van der Waals surface area contributed by atoms with Crippen LogP contribution in [0.1, 0.15) is 24.8 Å². The predicted octanol–water partition coefficient (Wildman–Crippen LogP) is 6.69. The van der Waals surface area contributed by atoms with E-state index in [1.165, 1.54) is 19.2 Å². The molecule has 0 saturated carbocycles. The van der Waals surface area contributed by atoms with Gasteiger partial charge in [0.2, 0.25) is 0 Å². The number of nitrogens with zero attached hydrogens (tertiary/aromatic N) is 1. The number of methoxy groups -OCH3 is 1. The van der Waals surface area contributed by atoms with Crippen LogP contribution in [0.15, 0.2) is 65.6 Å². The van der Waals surface area contributed by atoms with Crippen LogP contribution in [0.25, 0.3) is 11.1 Å². The average Bonchev–Trinajstić information content (AvgIpc) is 2.92. The van der Waals surface area contributed by atoms with Crippen molar-refractivity contribution < 1.29 is 49.0 Å². The highest BCUT2D eigenvalue weighted by Crippen LogP contribution is 2.37. The molecule has 1 heterocycles. The van der Waals surface area contributed by atoms with Gasteiger partial charge in [0.25, 0.3) is 10.0 Å². The first-order chi connectivity index (χ1) is 19.7. The fraction of sp³-hybridized carbons (Fsp3) is 0.321. The molecule has 1 aliphatic heterocycles. The number of anilines is 2. The van der Waals surface area contributed by atoms with Crippen molar-refractivity contribution in [1.82, 2.24) is 0 Å². The summed E-state index contributed by atoms with van der Waals surface area (Å²) in [5.74, 6) is -1.65. The zero-order chi connectivity index (χ0) is 30.7. The first-order valence-corrected chi connectivity index (χ1v) is 14.1. The van der Waals surface area contributed by atoms with Gasteiger partial charge in [0.05, 0.1) is 28.9 Å². The molecule has 0 aromatic heterocycles. The highest BCUT2D eigenvalue weighted by molar-refractivity contribution is 7.92. The number of esters is 1. The van der Waals surface area contributed by atoms with Crippen molar-refractivity contribution >= 4 is 27.4 Å². The summed E-state index contributed by atoms with van der Waals surface area (Å²) < 4.78 is 118. The molecule has 0 radical (unpaired) electrons. The van der Waals surface area contributed by atoms with Crippen molar-refractivity contribution in [3.05, 3.63) is 72.0 Å². The minimum Gasteiger partial charge on any atom is -0.469 e. The van der Waals surface area contributed by atoms with E-state index in [1.807, 2.05) is 4.90 Å². The van der Waals surface area contributed by atoms with Crippen molar-refractivity contribution in [2.24, 2.45) is 5.92 Å². The molecule has 0 amide bonds. The van der Waals surface area contributed by atoms with E-state index < -0.39 is 44.8 Å². The number of carbonyl (C=O) groups excluding carboxylic acids is 1. The summed E-state index contributed by atoms with van der Waals surface area (Å²) in [5.41, 5.74) is -0.491. The van der Waals surface area contributed by atoms with Gasteiger partial charge >= 0.3 is 18.8 Å². The molecule has 4 rings (SSSR count). The minimum absolute atomic E-state index is 0.0306. The number of benzene rings is 3. The molecule has 1 aliphatic rings. The SMILES string of the molecule is COC(=O)CC1CCN(c2ccc(-c3cc(F)cc(OC(F)F)c3)cc2NS(=O)(=O)c2cccc(C(F)(F)F)c2)CC1. The van der Waals surface area contributed by atoms with Crippen LogP contribution in [0.3, 0.4) is 0 Å². The lowest BCUT2D eigenvalue weighted by Crippen LogP contribution is -2.35. The molecule has 42 heavy (non-hydrogen) atoms. The van der Waals surface area contributed by atoms with Gasteiger partial charge in [-0.15, -0.1) is 0 Å². The lowest BCUT2D eigenvalue weighted by atomic mass is 9.93. The average molecular weight is 617 g/mol. The summed E-state index contributed by atoms with van der Waals surface area (Å²) in [4.78, 5) is 12.9. The third-order valence-electron chi connectivity index (χ3n) is 6.78. The second kappa shape index (κ2) is 12.5. The number of rotatable bonds is 9. The fourth-order valence-corrected chi connectivity index (χ4v) is 5.82. The maximum absolute atomic E-state index is 14.2. The van der Waals surface area contributed by atoms with Crippen LogP contribution in [-0.2, 0) is 25.7 Å². The number of alkyl halides is 5. The molecule has 0 atom stereocenters. The van der Waals surface area contributed by atoms with E-state index >= 15 is 0 Å². The number of halogens is 6. The number of sulfonamides is 1. The number of hydrogen-bond acceptors (Lipinski definition) is 6. The van der Waals surface area contributed by atoms with Crippen LogP contribution in [0.4, 0.5) is 37.7 Å². The van der Waals surface area contributed by atoms with Crippen molar-refractivity contribution in [2.75, 3.05) is 29.8 Å². The smallest absolute Gasteiger partial charge is 0.416 e. The Balaban J connectivity index is 1.72. The third-order valence-corrected chi connectivity index (χ3v) is 8.14. The predicted molar refractivity (Wildman–Crippen MR) is 142 cm³/mol. The van der Waals surface area contributed by atoms with Gasteiger partial charge in [0.15, 0.2) is 0 Å². The fourth-order valence-electron chi connectivity index (χ4n) is 4.71. The van der Waals surface area contributed by atoms with Crippen LogP contribution in [0, 0.1) is 11.7 Å². The van der Waals surface area contributed by atoms with Crippen LogP contribution in [0.5, 0.6) is 5.75 Å². The minimum atomic E-state index is -4.78. The van der Waals surface area contributed by atoms with E-state index in [-0.39, 0.29) is 35.1 Å². The van der Waals surface area contributed by atoms with Gasteiger partial charge in [-0.1, -0.05) is 12.1 Å². The molecule has 0 aliphatic carbocycles. The van der Waals surface area contributed by atoms with Crippen LogP contribution in [-0.4, -0.2) is 41.2 Å². The van der Waals surface area contributed by atoms with Gasteiger partial charge in [0, 0.05) is 25.6 Å². The maximum atomic E-state index is 14.2. The molecule has 3 aromatic carbocycles. The molecule has 14 heteroatoms. The number of nitrogens with one attached hydrogen (secondary N) is 1. The van der Waals surface area contributed by atoms with E-state index in [9.17, 15) is 39.6 Å². The first kappa shape index (κ1) is 31.0. The molecular weight excluding hydrogens is 590 g/mol. The summed E-state index contributed by atoms with van der Waals surface area (Å²) in [7, 11) is -3.26. The summed E-state index contributed by atoms with van der Waals surface area (Å²) >= 11 is 0. The second-order valence-electron chi connectivity index (χ2n) is 9.63. The van der Waals surface area contributed by atoms with Crippen LogP contribution in [0.2, 0.25) is 0 Å². The Morgan fingerprint density at radius 3 is 2.38 bits per heavy atom. The normalized spacial score (nSPS) is 14.6. The van der Waals surface area contributed by atoms with Gasteiger partial charge in [-0.2, -0.15) is 22.0 Å². The van der Waals surface area contributed by atoms with Crippen molar-refractivity contribution in [2.45, 2.75) is 36.9 Å². The Bertz CT molecular complexity index is 1540. The van der Waals surface area contributed by atoms with Crippen LogP contribution >= 0.6 is 0 Å². The Morgan fingerprint density at radius 2 is 1.74 bits per heavy atom. The second-order valence-corrected chi connectivity index (χ2v) is 11.3. The molecule has 7 nitrogen and oxygen atoms in total. The topological polar surface area (TPSA) is 84.9 Å². The molecule has 226 valence electrons. The summed E-state index contributed by atoms with van der Waals surface area (Å²) in [6.45, 7) is -2.36. The molecule has 0 unspecified atom stereocenters. The molecule has 0 spiro atoms. The van der Waals surface area contributed by atoms with Crippen LogP contribution < -0.4 is 14.4 Å². The van der Waals surface area contributed by atoms with E-state index in [1.54, 1.807) is 6.07 Å². The summed E-state index contributed by atoms with van der Waals surface area (Å²) in [5, 5.41) is 0. The number of hydrogen-bond donors (Lipinski definition) is 1. The Hall–Kier alpha value is -3.94. The molecule has 1 saturated heterocycles. The lowest BCUT2D eigenvalue weighted by molar-refractivity contribution is -0.142. The molecule has 3 aromatic rings. The zero-order valence-corrected chi connectivity index (χ0v) is 22.9. The van der Waals surface area contributed by atoms with Crippen molar-refractivity contribution in [1.29, 1.82) is 0 Å². The number of carbonyl (C=O) groups is 1. The third kappa shape index (κ3) is 7.66.